The molecule has 3 rings (SSSR count). The number of nitrogens with two attached hydrogens (primary N) is 1. The molecule has 21 heavy (non-hydrogen) atoms. The highest BCUT2D eigenvalue weighted by atomic mass is 35.5. The van der Waals surface area contributed by atoms with Crippen LogP contribution in [0.2, 0.25) is 5.02 Å². The first-order valence-electron chi connectivity index (χ1n) is 6.63. The van der Waals surface area contributed by atoms with Crippen LogP contribution in [-0.2, 0) is 7.05 Å². The average Bonchev–Trinajstić information content (AvgIpc) is 2.92. The topological polar surface area (TPSA) is 57.0 Å². The Balaban J connectivity index is 2.25. The van der Waals surface area contributed by atoms with Gasteiger partial charge in [0.1, 0.15) is 23.0 Å². The quantitative estimate of drug-likeness (QED) is 0.771. The first-order valence-corrected chi connectivity index (χ1v) is 7.01. The Morgan fingerprint density at radius 2 is 1.86 bits per heavy atom. The molecule has 5 heteroatoms. The van der Waals surface area contributed by atoms with Crippen molar-refractivity contribution in [1.82, 2.24) is 9.78 Å². The van der Waals surface area contributed by atoms with Crippen molar-refractivity contribution in [3.05, 3.63) is 46.9 Å². The Morgan fingerprint density at radius 3 is 2.43 bits per heavy atom. The Morgan fingerprint density at radius 1 is 1.19 bits per heavy atom. The third-order valence-electron chi connectivity index (χ3n) is 3.52. The average molecular weight is 302 g/mol. The predicted octanol–water partition coefficient (Wildman–Crippen LogP) is 4.20. The summed E-state index contributed by atoms with van der Waals surface area (Å²) in [5, 5.41) is 5.24. The lowest BCUT2D eigenvalue weighted by molar-refractivity contribution is 0.505. The van der Waals surface area contributed by atoms with Crippen LogP contribution in [-0.4, -0.2) is 9.78 Å². The van der Waals surface area contributed by atoms with Crippen molar-refractivity contribution in [3.63, 3.8) is 0 Å². The lowest BCUT2D eigenvalue weighted by Crippen LogP contribution is -1.97. The summed E-state index contributed by atoms with van der Waals surface area (Å²) < 4.78 is 7.30. The molecule has 2 aromatic heterocycles. The second-order valence-electron chi connectivity index (χ2n) is 5.07. The molecule has 0 unspecified atom stereocenters. The second-order valence-corrected chi connectivity index (χ2v) is 5.50. The number of halogens is 1. The highest BCUT2D eigenvalue weighted by Crippen LogP contribution is 2.38. The molecule has 0 aliphatic carbocycles. The number of nitrogen functional groups attached to an aromatic ring is 1. The molecule has 2 N–H and O–H groups in total. The van der Waals surface area contributed by atoms with Crippen LogP contribution in [0, 0.1) is 13.8 Å². The molecule has 0 amide bonds. The summed E-state index contributed by atoms with van der Waals surface area (Å²) in [5.74, 6) is 2.31. The largest absolute Gasteiger partial charge is 0.466 e. The number of benzene rings is 1. The van der Waals surface area contributed by atoms with Gasteiger partial charge in [-0.1, -0.05) is 23.7 Å². The number of rotatable bonds is 2. The molecule has 0 aliphatic rings. The molecule has 0 atom stereocenters. The molecule has 1 aromatic carbocycles. The van der Waals surface area contributed by atoms with E-state index in [9.17, 15) is 0 Å². The van der Waals surface area contributed by atoms with Crippen LogP contribution in [0.25, 0.3) is 22.4 Å². The molecular formula is C16H16ClN3O. The first-order chi connectivity index (χ1) is 9.97. The molecule has 2 heterocycles. The summed E-state index contributed by atoms with van der Waals surface area (Å²) in [6.45, 7) is 3.85. The number of furan rings is 1. The van der Waals surface area contributed by atoms with Crippen molar-refractivity contribution in [1.29, 1.82) is 0 Å². The van der Waals surface area contributed by atoms with Gasteiger partial charge >= 0.3 is 0 Å². The fourth-order valence-corrected chi connectivity index (χ4v) is 2.62. The summed E-state index contributed by atoms with van der Waals surface area (Å²) in [6, 6.07) is 9.57. The molecule has 0 saturated carbocycles. The maximum atomic E-state index is 6.20. The minimum absolute atomic E-state index is 0.616. The highest BCUT2D eigenvalue weighted by Gasteiger charge is 2.20. The zero-order chi connectivity index (χ0) is 15.1. The predicted molar refractivity (Wildman–Crippen MR) is 85.2 cm³/mol. The maximum Gasteiger partial charge on any atom is 0.129 e. The van der Waals surface area contributed by atoms with E-state index >= 15 is 0 Å². The van der Waals surface area contributed by atoms with Crippen molar-refractivity contribution in [2.24, 2.45) is 7.05 Å². The summed E-state index contributed by atoms with van der Waals surface area (Å²) in [4.78, 5) is 0. The number of aryl methyl sites for hydroxylation is 3. The lowest BCUT2D eigenvalue weighted by atomic mass is 10.0. The third kappa shape index (κ3) is 2.32. The van der Waals surface area contributed by atoms with Gasteiger partial charge in [-0.3, -0.25) is 4.68 Å². The SMILES string of the molecule is Cc1cc(-c2nn(C)c(N)c2-c2ccc(Cl)cc2)c(C)o1. The van der Waals surface area contributed by atoms with E-state index in [4.69, 9.17) is 21.8 Å². The summed E-state index contributed by atoms with van der Waals surface area (Å²) in [7, 11) is 1.83. The van der Waals surface area contributed by atoms with Crippen molar-refractivity contribution < 1.29 is 4.42 Å². The molecule has 0 spiro atoms. The molecule has 0 radical (unpaired) electrons. The second kappa shape index (κ2) is 4.97. The fourth-order valence-electron chi connectivity index (χ4n) is 2.49. The number of hydrogen-bond donors (Lipinski definition) is 1. The highest BCUT2D eigenvalue weighted by molar-refractivity contribution is 6.30. The smallest absolute Gasteiger partial charge is 0.129 e. The van der Waals surface area contributed by atoms with Crippen molar-refractivity contribution in [2.75, 3.05) is 5.73 Å². The van der Waals surface area contributed by atoms with Crippen LogP contribution < -0.4 is 5.73 Å². The van der Waals surface area contributed by atoms with Crippen LogP contribution in [0.1, 0.15) is 11.5 Å². The van der Waals surface area contributed by atoms with E-state index in [1.54, 1.807) is 4.68 Å². The molecule has 0 fully saturated rings. The van der Waals surface area contributed by atoms with E-state index in [2.05, 4.69) is 5.10 Å². The minimum atomic E-state index is 0.616. The lowest BCUT2D eigenvalue weighted by Gasteiger charge is -2.04. The Labute approximate surface area is 128 Å². The first kappa shape index (κ1) is 13.8. The van der Waals surface area contributed by atoms with E-state index in [0.717, 1.165) is 33.9 Å². The van der Waals surface area contributed by atoms with Crippen molar-refractivity contribution >= 4 is 17.4 Å². The Kier molecular flexibility index (Phi) is 3.26. The fraction of sp³-hybridized carbons (Fsp3) is 0.188. The third-order valence-corrected chi connectivity index (χ3v) is 3.77. The zero-order valence-electron chi connectivity index (χ0n) is 12.1. The Bertz CT molecular complexity index is 800. The number of nitrogens with zero attached hydrogens (tertiary/aromatic N) is 2. The van der Waals surface area contributed by atoms with Crippen LogP contribution in [0.4, 0.5) is 5.82 Å². The zero-order valence-corrected chi connectivity index (χ0v) is 12.9. The van der Waals surface area contributed by atoms with E-state index in [1.165, 1.54) is 0 Å². The van der Waals surface area contributed by atoms with Gasteiger partial charge in [0.2, 0.25) is 0 Å². The van der Waals surface area contributed by atoms with Crippen LogP contribution in [0.3, 0.4) is 0 Å². The van der Waals surface area contributed by atoms with Gasteiger partial charge in [0.05, 0.1) is 5.56 Å². The van der Waals surface area contributed by atoms with Gasteiger partial charge in [-0.25, -0.2) is 0 Å². The van der Waals surface area contributed by atoms with Crippen LogP contribution in [0.15, 0.2) is 34.7 Å². The number of anilines is 1. The number of aromatic nitrogens is 2. The number of hydrogen-bond acceptors (Lipinski definition) is 3. The monoisotopic (exact) mass is 301 g/mol. The van der Waals surface area contributed by atoms with Crippen LogP contribution >= 0.6 is 11.6 Å². The van der Waals surface area contributed by atoms with E-state index < -0.39 is 0 Å². The minimum Gasteiger partial charge on any atom is -0.466 e. The van der Waals surface area contributed by atoms with Crippen molar-refractivity contribution in [2.45, 2.75) is 13.8 Å². The summed E-state index contributed by atoms with van der Waals surface area (Å²) in [6.07, 6.45) is 0. The van der Waals surface area contributed by atoms with E-state index in [1.807, 2.05) is 51.2 Å². The van der Waals surface area contributed by atoms with E-state index in [-0.39, 0.29) is 0 Å². The standard InChI is InChI=1S/C16H16ClN3O/c1-9-8-13(10(2)21-9)15-14(16(18)20(3)19-15)11-4-6-12(17)7-5-11/h4-8H,18H2,1-3H3. The van der Waals surface area contributed by atoms with Gasteiger partial charge in [0.25, 0.3) is 0 Å². The van der Waals surface area contributed by atoms with Gasteiger partial charge in [0, 0.05) is 17.6 Å². The molecule has 4 nitrogen and oxygen atoms in total. The summed E-state index contributed by atoms with van der Waals surface area (Å²) >= 11 is 5.96. The van der Waals surface area contributed by atoms with Gasteiger partial charge < -0.3 is 10.2 Å². The molecule has 0 aliphatic heterocycles. The summed E-state index contributed by atoms with van der Waals surface area (Å²) in [5.41, 5.74) is 9.88. The molecule has 3 aromatic rings. The van der Waals surface area contributed by atoms with E-state index in [0.29, 0.717) is 10.8 Å². The van der Waals surface area contributed by atoms with Gasteiger partial charge in [0.15, 0.2) is 0 Å². The van der Waals surface area contributed by atoms with Crippen molar-refractivity contribution in [3.8, 4) is 22.4 Å². The molecule has 0 saturated heterocycles. The molecule has 0 bridgehead atoms. The van der Waals surface area contributed by atoms with Gasteiger partial charge in [-0.2, -0.15) is 5.10 Å². The maximum absolute atomic E-state index is 6.20. The van der Waals surface area contributed by atoms with Gasteiger partial charge in [-0.05, 0) is 37.6 Å². The van der Waals surface area contributed by atoms with Crippen LogP contribution in [0.5, 0.6) is 0 Å². The van der Waals surface area contributed by atoms with Gasteiger partial charge in [-0.15, -0.1) is 0 Å². The Hall–Kier alpha value is -2.20. The normalized spacial score (nSPS) is 11.0. The molecular weight excluding hydrogens is 286 g/mol. The molecule has 108 valence electrons.